The van der Waals surface area contributed by atoms with E-state index in [-0.39, 0.29) is 12.4 Å². The van der Waals surface area contributed by atoms with Gasteiger partial charge in [0.15, 0.2) is 5.82 Å². The summed E-state index contributed by atoms with van der Waals surface area (Å²) in [6, 6.07) is 2.31. The molecule has 0 spiro atoms. The maximum atomic E-state index is 5.19. The highest BCUT2D eigenvalue weighted by atomic mass is 127. The molecule has 0 amide bonds. The molecule has 2 N–H and O–H groups in total. The van der Waals surface area contributed by atoms with Crippen LogP contribution in [-0.2, 0) is 6.42 Å². The molecule has 2 heterocycles. The minimum atomic E-state index is 0. The second kappa shape index (κ2) is 6.36. The van der Waals surface area contributed by atoms with Gasteiger partial charge < -0.3 is 14.8 Å². The fourth-order valence-electron chi connectivity index (χ4n) is 1.31. The van der Waals surface area contributed by atoms with E-state index in [0.717, 1.165) is 21.5 Å². The zero-order valence-corrected chi connectivity index (χ0v) is 12.5. The molecule has 0 aliphatic heterocycles. The number of halogens is 2. The van der Waals surface area contributed by atoms with E-state index >= 15 is 0 Å². The molecule has 17 heavy (non-hydrogen) atoms. The number of aromatic nitrogens is 3. The fraction of sp³-hybridized carbons (Fsp3) is 0.400. The molecule has 2 aromatic rings. The highest BCUT2D eigenvalue weighted by molar-refractivity contribution is 14.1. The molecule has 0 saturated carbocycles. The molecule has 7 heteroatoms. The lowest BCUT2D eigenvalue weighted by atomic mass is 10.2. The Morgan fingerprint density at radius 1 is 1.59 bits per heavy atom. The van der Waals surface area contributed by atoms with Crippen LogP contribution in [0.5, 0.6) is 0 Å². The number of nitrogens with zero attached hydrogens (tertiary/aromatic N) is 2. The monoisotopic (exact) mass is 368 g/mol. The van der Waals surface area contributed by atoms with Crippen molar-refractivity contribution < 1.29 is 4.52 Å². The van der Waals surface area contributed by atoms with E-state index in [1.54, 1.807) is 0 Å². The third-order valence-corrected chi connectivity index (χ3v) is 2.95. The van der Waals surface area contributed by atoms with Gasteiger partial charge in [0, 0.05) is 22.2 Å². The van der Waals surface area contributed by atoms with Gasteiger partial charge in [-0.1, -0.05) is 5.16 Å². The van der Waals surface area contributed by atoms with Crippen molar-refractivity contribution in [2.45, 2.75) is 19.4 Å². The Bertz CT molecular complexity index is 470. The Kier molecular flexibility index (Phi) is 5.41. The van der Waals surface area contributed by atoms with E-state index in [9.17, 15) is 0 Å². The first-order chi connectivity index (χ1) is 7.69. The van der Waals surface area contributed by atoms with Crippen LogP contribution in [0.4, 0.5) is 0 Å². The van der Waals surface area contributed by atoms with Crippen molar-refractivity contribution in [1.29, 1.82) is 0 Å². The van der Waals surface area contributed by atoms with Crippen LogP contribution in [-0.4, -0.2) is 28.2 Å². The van der Waals surface area contributed by atoms with E-state index in [1.165, 1.54) is 0 Å². The van der Waals surface area contributed by atoms with Crippen molar-refractivity contribution in [3.8, 4) is 11.6 Å². The SMILES string of the molecule is CNC(C)Cc1noc(-c2cc(I)c[nH]2)n1.Cl. The summed E-state index contributed by atoms with van der Waals surface area (Å²) in [5.41, 5.74) is 0.861. The Balaban J connectivity index is 0.00000144. The van der Waals surface area contributed by atoms with Crippen molar-refractivity contribution in [3.63, 3.8) is 0 Å². The summed E-state index contributed by atoms with van der Waals surface area (Å²) in [5.74, 6) is 1.27. The number of nitrogens with one attached hydrogen (secondary N) is 2. The summed E-state index contributed by atoms with van der Waals surface area (Å²) in [4.78, 5) is 7.41. The van der Waals surface area contributed by atoms with Gasteiger partial charge in [-0.2, -0.15) is 4.98 Å². The Hall–Kier alpha value is -0.600. The predicted octanol–water partition coefficient (Wildman–Crippen LogP) is 2.24. The highest BCUT2D eigenvalue weighted by Gasteiger charge is 2.12. The molecule has 1 unspecified atom stereocenters. The predicted molar refractivity (Wildman–Crippen MR) is 76.3 cm³/mol. The molecule has 0 aromatic carbocycles. The van der Waals surface area contributed by atoms with E-state index < -0.39 is 0 Å². The molecule has 0 saturated heterocycles. The minimum absolute atomic E-state index is 0. The van der Waals surface area contributed by atoms with Crippen LogP contribution in [0.25, 0.3) is 11.6 Å². The molecule has 2 aromatic heterocycles. The van der Waals surface area contributed by atoms with Crippen molar-refractivity contribution in [1.82, 2.24) is 20.4 Å². The fourth-order valence-corrected chi connectivity index (χ4v) is 1.78. The van der Waals surface area contributed by atoms with Gasteiger partial charge in [-0.05, 0) is 42.6 Å². The topological polar surface area (TPSA) is 66.7 Å². The van der Waals surface area contributed by atoms with Gasteiger partial charge in [0.25, 0.3) is 5.89 Å². The van der Waals surface area contributed by atoms with E-state index in [0.29, 0.717) is 11.9 Å². The third-order valence-electron chi connectivity index (χ3n) is 2.33. The molecule has 1 atom stereocenters. The van der Waals surface area contributed by atoms with Crippen LogP contribution in [0.15, 0.2) is 16.8 Å². The van der Waals surface area contributed by atoms with Crippen LogP contribution >= 0.6 is 35.0 Å². The van der Waals surface area contributed by atoms with Gasteiger partial charge in [-0.15, -0.1) is 12.4 Å². The lowest BCUT2D eigenvalue weighted by molar-refractivity contribution is 0.417. The molecule has 0 aliphatic carbocycles. The highest BCUT2D eigenvalue weighted by Crippen LogP contribution is 2.18. The first-order valence-corrected chi connectivity index (χ1v) is 6.11. The average Bonchev–Trinajstić information content (AvgIpc) is 2.87. The molecule has 5 nitrogen and oxygen atoms in total. The standard InChI is InChI=1S/C10H13IN4O.ClH/c1-6(12-2)3-9-14-10(16-15-9)8-4-7(11)5-13-8;/h4-6,12-13H,3H2,1-2H3;1H. The summed E-state index contributed by atoms with van der Waals surface area (Å²) in [6.45, 7) is 2.08. The van der Waals surface area contributed by atoms with Gasteiger partial charge in [0.2, 0.25) is 0 Å². The number of hydrogen-bond acceptors (Lipinski definition) is 4. The number of aromatic amines is 1. The van der Waals surface area contributed by atoms with Crippen molar-refractivity contribution in [2.75, 3.05) is 7.05 Å². The van der Waals surface area contributed by atoms with Gasteiger partial charge in [0.1, 0.15) is 5.69 Å². The van der Waals surface area contributed by atoms with Crippen LogP contribution in [0.3, 0.4) is 0 Å². The zero-order chi connectivity index (χ0) is 11.5. The molecule has 0 aliphatic rings. The quantitative estimate of drug-likeness (QED) is 0.812. The van der Waals surface area contributed by atoms with E-state index in [1.807, 2.05) is 19.3 Å². The van der Waals surface area contributed by atoms with Gasteiger partial charge >= 0.3 is 0 Å². The summed E-state index contributed by atoms with van der Waals surface area (Å²) in [5, 5.41) is 7.08. The molecular weight excluding hydrogens is 354 g/mol. The molecule has 0 radical (unpaired) electrons. The first kappa shape index (κ1) is 14.5. The molecule has 0 fully saturated rings. The van der Waals surface area contributed by atoms with E-state index in [2.05, 4.69) is 50.0 Å². The molecular formula is C10H14ClIN4O. The lowest BCUT2D eigenvalue weighted by Crippen LogP contribution is -2.24. The normalized spacial score (nSPS) is 12.2. The average molecular weight is 369 g/mol. The van der Waals surface area contributed by atoms with Crippen molar-refractivity contribution in [3.05, 3.63) is 21.7 Å². The number of hydrogen-bond donors (Lipinski definition) is 2. The smallest absolute Gasteiger partial charge is 0.274 e. The maximum absolute atomic E-state index is 5.19. The second-order valence-electron chi connectivity index (χ2n) is 3.64. The van der Waals surface area contributed by atoms with Gasteiger partial charge in [0.05, 0.1) is 0 Å². The number of likely N-dealkylation sites (N-methyl/N-ethyl adjacent to an activating group) is 1. The molecule has 0 bridgehead atoms. The Labute approximate surface area is 119 Å². The van der Waals surface area contributed by atoms with Crippen LogP contribution in [0.1, 0.15) is 12.7 Å². The first-order valence-electron chi connectivity index (χ1n) is 5.03. The third kappa shape index (κ3) is 3.68. The number of H-pyrrole nitrogens is 1. The summed E-state index contributed by atoms with van der Waals surface area (Å²) >= 11 is 2.23. The summed E-state index contributed by atoms with van der Waals surface area (Å²) < 4.78 is 6.31. The van der Waals surface area contributed by atoms with Crippen molar-refractivity contribution >= 4 is 35.0 Å². The van der Waals surface area contributed by atoms with Crippen LogP contribution < -0.4 is 5.32 Å². The van der Waals surface area contributed by atoms with Crippen LogP contribution in [0, 0.1) is 3.57 Å². The van der Waals surface area contributed by atoms with Crippen LogP contribution in [0.2, 0.25) is 0 Å². The van der Waals surface area contributed by atoms with Gasteiger partial charge in [-0.3, -0.25) is 0 Å². The largest absolute Gasteiger partial charge is 0.356 e. The zero-order valence-electron chi connectivity index (χ0n) is 9.53. The minimum Gasteiger partial charge on any atom is -0.356 e. The lowest BCUT2D eigenvalue weighted by Gasteiger charge is -2.04. The number of rotatable bonds is 4. The molecule has 2 rings (SSSR count). The molecule has 94 valence electrons. The Morgan fingerprint density at radius 2 is 2.35 bits per heavy atom. The summed E-state index contributed by atoms with van der Waals surface area (Å²) in [7, 11) is 1.92. The van der Waals surface area contributed by atoms with E-state index in [4.69, 9.17) is 4.52 Å². The second-order valence-corrected chi connectivity index (χ2v) is 4.89. The maximum Gasteiger partial charge on any atom is 0.274 e. The summed E-state index contributed by atoms with van der Waals surface area (Å²) in [6.07, 6.45) is 2.66. The Morgan fingerprint density at radius 3 is 2.94 bits per heavy atom. The van der Waals surface area contributed by atoms with Gasteiger partial charge in [-0.25, -0.2) is 0 Å². The van der Waals surface area contributed by atoms with Crippen molar-refractivity contribution in [2.24, 2.45) is 0 Å².